The van der Waals surface area contributed by atoms with E-state index in [-0.39, 0.29) is 5.56 Å². The van der Waals surface area contributed by atoms with E-state index in [0.29, 0.717) is 16.9 Å². The molecule has 0 amide bonds. The molecule has 0 atom stereocenters. The van der Waals surface area contributed by atoms with Crippen LogP contribution in [0.5, 0.6) is 0 Å². The number of benzene rings is 2. The number of thiophene rings is 1. The van der Waals surface area contributed by atoms with Crippen LogP contribution in [0.25, 0.3) is 27.0 Å². The number of carboxylic acid groups (broad SMARTS) is 1. The van der Waals surface area contributed by atoms with Gasteiger partial charge in [0.05, 0.1) is 16.8 Å². The van der Waals surface area contributed by atoms with Gasteiger partial charge in [0.15, 0.2) is 6.29 Å². The second kappa shape index (κ2) is 5.99. The third-order valence-corrected chi connectivity index (χ3v) is 4.95. The lowest BCUT2D eigenvalue weighted by molar-refractivity contribution is 0.0696. The first-order chi connectivity index (χ1) is 12.2. The topological polar surface area (TPSA) is 72.2 Å². The molecule has 0 bridgehead atoms. The highest BCUT2D eigenvalue weighted by molar-refractivity contribution is 7.17. The minimum Gasteiger partial charge on any atom is -0.478 e. The number of carbonyl (C=O) groups is 2. The molecule has 2 heterocycles. The maximum Gasteiger partial charge on any atom is 0.335 e. The molecule has 0 saturated carbocycles. The van der Waals surface area contributed by atoms with Crippen molar-refractivity contribution in [2.75, 3.05) is 0 Å². The fraction of sp³-hybridized carbons (Fsp3) is 0. The van der Waals surface area contributed by atoms with Crippen LogP contribution in [0.1, 0.15) is 20.7 Å². The van der Waals surface area contributed by atoms with Gasteiger partial charge >= 0.3 is 5.97 Å². The Morgan fingerprint density at radius 3 is 2.60 bits per heavy atom. The Hall–Kier alpha value is -3.25. The zero-order valence-electron chi connectivity index (χ0n) is 12.9. The Labute approximate surface area is 146 Å². The lowest BCUT2D eigenvalue weighted by atomic mass is 10.1. The van der Waals surface area contributed by atoms with Crippen LogP contribution in [0.4, 0.5) is 0 Å². The summed E-state index contributed by atoms with van der Waals surface area (Å²) in [6, 6.07) is 14.3. The van der Waals surface area contributed by atoms with E-state index in [4.69, 9.17) is 5.11 Å². The van der Waals surface area contributed by atoms with Gasteiger partial charge in [0.25, 0.3) is 0 Å². The van der Waals surface area contributed by atoms with E-state index in [1.165, 1.54) is 12.1 Å². The van der Waals surface area contributed by atoms with Gasteiger partial charge in [-0.3, -0.25) is 4.79 Å². The Bertz CT molecular complexity index is 1090. The van der Waals surface area contributed by atoms with Crippen LogP contribution < -0.4 is 0 Å². The molecule has 0 saturated heterocycles. The molecule has 0 radical (unpaired) electrons. The van der Waals surface area contributed by atoms with Gasteiger partial charge in [-0.25, -0.2) is 9.48 Å². The van der Waals surface area contributed by atoms with Crippen LogP contribution in [0.15, 0.2) is 60.1 Å². The molecule has 0 aliphatic carbocycles. The summed E-state index contributed by atoms with van der Waals surface area (Å²) >= 11 is 1.61. The van der Waals surface area contributed by atoms with Gasteiger partial charge in [-0.15, -0.1) is 11.3 Å². The SMILES string of the molecule is O=Cc1cn(-c2ccc(C(=O)O)cc2)nc1-c1csc2ccccc12. The predicted molar refractivity (Wildman–Crippen MR) is 96.7 cm³/mol. The minimum atomic E-state index is -0.981. The van der Waals surface area contributed by atoms with Crippen molar-refractivity contribution in [3.05, 3.63) is 71.2 Å². The fourth-order valence-electron chi connectivity index (χ4n) is 2.73. The van der Waals surface area contributed by atoms with Crippen molar-refractivity contribution >= 4 is 33.7 Å². The number of fused-ring (bicyclic) bond motifs is 1. The van der Waals surface area contributed by atoms with E-state index in [0.717, 1.165) is 21.9 Å². The van der Waals surface area contributed by atoms with Crippen LogP contribution in [0, 0.1) is 0 Å². The van der Waals surface area contributed by atoms with Crippen molar-refractivity contribution in [3.8, 4) is 16.9 Å². The van der Waals surface area contributed by atoms with Crippen molar-refractivity contribution < 1.29 is 14.7 Å². The van der Waals surface area contributed by atoms with Crippen molar-refractivity contribution in [1.82, 2.24) is 9.78 Å². The van der Waals surface area contributed by atoms with Gasteiger partial charge in [0, 0.05) is 27.2 Å². The Morgan fingerprint density at radius 2 is 1.88 bits per heavy atom. The Balaban J connectivity index is 1.82. The predicted octanol–water partition coefficient (Wildman–Crippen LogP) is 4.26. The van der Waals surface area contributed by atoms with E-state index >= 15 is 0 Å². The number of carboxylic acids is 1. The van der Waals surface area contributed by atoms with Crippen LogP contribution in [0.2, 0.25) is 0 Å². The largest absolute Gasteiger partial charge is 0.478 e. The number of nitrogens with zero attached hydrogens (tertiary/aromatic N) is 2. The highest BCUT2D eigenvalue weighted by atomic mass is 32.1. The number of aromatic nitrogens is 2. The average molecular weight is 348 g/mol. The lowest BCUT2D eigenvalue weighted by Crippen LogP contribution is -1.98. The Morgan fingerprint density at radius 1 is 1.12 bits per heavy atom. The summed E-state index contributed by atoms with van der Waals surface area (Å²) in [5, 5.41) is 16.6. The Kier molecular flexibility index (Phi) is 3.66. The molecule has 4 rings (SSSR count). The van der Waals surface area contributed by atoms with E-state index < -0.39 is 5.97 Å². The van der Waals surface area contributed by atoms with Gasteiger partial charge in [-0.2, -0.15) is 5.10 Å². The van der Waals surface area contributed by atoms with Crippen molar-refractivity contribution in [2.45, 2.75) is 0 Å². The zero-order chi connectivity index (χ0) is 17.4. The lowest BCUT2D eigenvalue weighted by Gasteiger charge is -2.01. The maximum atomic E-state index is 11.5. The first kappa shape index (κ1) is 15.3. The van der Waals surface area contributed by atoms with E-state index in [1.807, 2.05) is 29.6 Å². The number of aromatic carboxylic acids is 1. The molecule has 4 aromatic rings. The summed E-state index contributed by atoms with van der Waals surface area (Å²) in [4.78, 5) is 22.5. The third-order valence-electron chi connectivity index (χ3n) is 3.98. The van der Waals surface area contributed by atoms with Crippen LogP contribution in [-0.2, 0) is 0 Å². The first-order valence-corrected chi connectivity index (χ1v) is 8.40. The highest BCUT2D eigenvalue weighted by Gasteiger charge is 2.15. The number of aldehydes is 1. The quantitative estimate of drug-likeness (QED) is 0.559. The summed E-state index contributed by atoms with van der Waals surface area (Å²) in [5.74, 6) is -0.981. The second-order valence-electron chi connectivity index (χ2n) is 5.49. The van der Waals surface area contributed by atoms with Crippen LogP contribution >= 0.6 is 11.3 Å². The monoisotopic (exact) mass is 348 g/mol. The molecule has 122 valence electrons. The molecular weight excluding hydrogens is 336 g/mol. The number of hydrogen-bond acceptors (Lipinski definition) is 4. The minimum absolute atomic E-state index is 0.204. The second-order valence-corrected chi connectivity index (χ2v) is 6.40. The van der Waals surface area contributed by atoms with Crippen LogP contribution in [-0.4, -0.2) is 27.1 Å². The molecule has 2 aromatic heterocycles. The van der Waals surface area contributed by atoms with E-state index in [2.05, 4.69) is 5.10 Å². The van der Waals surface area contributed by atoms with Gasteiger partial charge in [-0.05, 0) is 30.3 Å². The smallest absolute Gasteiger partial charge is 0.335 e. The van der Waals surface area contributed by atoms with Crippen LogP contribution in [0.3, 0.4) is 0 Å². The molecule has 1 N–H and O–H groups in total. The number of rotatable bonds is 4. The molecule has 0 spiro atoms. The van der Waals surface area contributed by atoms with Gasteiger partial charge in [0.2, 0.25) is 0 Å². The highest BCUT2D eigenvalue weighted by Crippen LogP contribution is 2.34. The van der Waals surface area contributed by atoms with E-state index in [1.54, 1.807) is 34.3 Å². The van der Waals surface area contributed by atoms with Gasteiger partial charge in [-0.1, -0.05) is 18.2 Å². The standard InChI is InChI=1S/C19H12N2O3S/c22-10-13-9-21(14-7-5-12(6-8-14)19(23)24)20-18(13)16-11-25-17-4-2-1-3-15(16)17/h1-11H,(H,23,24). The molecule has 0 fully saturated rings. The molecule has 0 unspecified atom stereocenters. The summed E-state index contributed by atoms with van der Waals surface area (Å²) in [6.45, 7) is 0. The van der Waals surface area contributed by atoms with Crippen molar-refractivity contribution in [1.29, 1.82) is 0 Å². The number of carbonyl (C=O) groups excluding carboxylic acids is 1. The fourth-order valence-corrected chi connectivity index (χ4v) is 3.68. The first-order valence-electron chi connectivity index (χ1n) is 7.52. The molecule has 2 aromatic carbocycles. The number of hydrogen-bond donors (Lipinski definition) is 1. The van der Waals surface area contributed by atoms with Gasteiger partial charge < -0.3 is 5.11 Å². The summed E-state index contributed by atoms with van der Waals surface area (Å²) in [5.41, 5.74) is 2.93. The normalized spacial score (nSPS) is 10.9. The third kappa shape index (κ3) is 2.62. The van der Waals surface area contributed by atoms with Crippen molar-refractivity contribution in [3.63, 3.8) is 0 Å². The van der Waals surface area contributed by atoms with E-state index in [9.17, 15) is 9.59 Å². The van der Waals surface area contributed by atoms with Gasteiger partial charge in [0.1, 0.15) is 5.69 Å². The molecule has 25 heavy (non-hydrogen) atoms. The summed E-state index contributed by atoms with van der Waals surface area (Å²) in [7, 11) is 0. The molecule has 5 nitrogen and oxygen atoms in total. The average Bonchev–Trinajstić information content (AvgIpc) is 3.25. The molecular formula is C19H12N2O3S. The molecule has 0 aliphatic rings. The summed E-state index contributed by atoms with van der Waals surface area (Å²) in [6.07, 6.45) is 2.45. The van der Waals surface area contributed by atoms with Crippen molar-refractivity contribution in [2.24, 2.45) is 0 Å². The summed E-state index contributed by atoms with van der Waals surface area (Å²) < 4.78 is 2.73. The molecule has 0 aliphatic heterocycles. The molecule has 6 heteroatoms. The zero-order valence-corrected chi connectivity index (χ0v) is 13.7. The maximum absolute atomic E-state index is 11.5.